The van der Waals surface area contributed by atoms with Crippen LogP contribution in [0.15, 0.2) is 83.2 Å². The summed E-state index contributed by atoms with van der Waals surface area (Å²) in [6, 6.07) is 22.6. The highest BCUT2D eigenvalue weighted by Crippen LogP contribution is 2.45. The Bertz CT molecular complexity index is 1520. The molecular formula is C27H20ClNO3S2. The van der Waals surface area contributed by atoms with Gasteiger partial charge in [-0.2, -0.15) is 0 Å². The van der Waals surface area contributed by atoms with E-state index in [-0.39, 0.29) is 12.4 Å². The van der Waals surface area contributed by atoms with E-state index >= 15 is 0 Å². The number of rotatable bonds is 7. The van der Waals surface area contributed by atoms with E-state index in [1.165, 1.54) is 11.3 Å². The normalized spacial score (nSPS) is 11.2. The van der Waals surface area contributed by atoms with Gasteiger partial charge in [-0.25, -0.2) is 4.79 Å². The topological polar surface area (TPSA) is 47.8 Å². The fourth-order valence-electron chi connectivity index (χ4n) is 3.97. The van der Waals surface area contributed by atoms with Gasteiger partial charge in [0.1, 0.15) is 0 Å². The molecule has 2 aromatic carbocycles. The highest BCUT2D eigenvalue weighted by atomic mass is 35.5. The number of aromatic nitrogens is 1. The van der Waals surface area contributed by atoms with Crippen LogP contribution in [-0.4, -0.2) is 22.8 Å². The number of nitrogens with zero attached hydrogens (tertiary/aromatic N) is 1. The first-order valence-electron chi connectivity index (χ1n) is 10.8. The quantitative estimate of drug-likeness (QED) is 0.130. The smallest absolute Gasteiger partial charge is 0.341 e. The second kappa shape index (κ2) is 9.66. The first-order valence-corrected chi connectivity index (χ1v) is 13.0. The average Bonchev–Trinajstić information content (AvgIpc) is 3.39. The maximum atomic E-state index is 13.6. The highest BCUT2D eigenvalue weighted by molar-refractivity contribution is 8.00. The SMILES string of the molecule is CCOC(=O)c1c2c(C(=O)c3ccccc3)sc(SCc3ccccc3Cl)c2n2ccccc12. The third-order valence-electron chi connectivity index (χ3n) is 5.50. The van der Waals surface area contributed by atoms with E-state index in [1.807, 2.05) is 71.3 Å². The van der Waals surface area contributed by atoms with Crippen molar-refractivity contribution in [1.82, 2.24) is 4.40 Å². The van der Waals surface area contributed by atoms with Crippen molar-refractivity contribution in [2.24, 2.45) is 0 Å². The molecule has 34 heavy (non-hydrogen) atoms. The molecule has 0 spiro atoms. The molecule has 0 radical (unpaired) electrons. The number of esters is 1. The summed E-state index contributed by atoms with van der Waals surface area (Å²) in [7, 11) is 0. The van der Waals surface area contributed by atoms with Gasteiger partial charge in [-0.1, -0.05) is 66.2 Å². The summed E-state index contributed by atoms with van der Waals surface area (Å²) < 4.78 is 8.34. The minimum absolute atomic E-state index is 0.110. The number of carbonyl (C=O) groups is 2. The zero-order valence-corrected chi connectivity index (χ0v) is 20.7. The lowest BCUT2D eigenvalue weighted by molar-refractivity contribution is 0.0531. The van der Waals surface area contributed by atoms with Gasteiger partial charge in [0.05, 0.1) is 32.3 Å². The third kappa shape index (κ3) is 4.02. The highest BCUT2D eigenvalue weighted by Gasteiger charge is 2.29. The van der Waals surface area contributed by atoms with Gasteiger partial charge in [0.15, 0.2) is 0 Å². The molecule has 5 rings (SSSR count). The standard InChI is InChI=1S/C27H20ClNO3S2/c1-2-32-26(31)21-20-14-8-9-15-29(20)23-22(21)25(24(30)17-10-4-3-5-11-17)34-27(23)33-16-18-12-6-7-13-19(18)28/h3-15H,2,16H2,1H3. The Morgan fingerprint density at radius 3 is 2.50 bits per heavy atom. The van der Waals surface area contributed by atoms with Crippen LogP contribution >= 0.6 is 34.7 Å². The monoisotopic (exact) mass is 505 g/mol. The summed E-state index contributed by atoms with van der Waals surface area (Å²) in [4.78, 5) is 27.3. The lowest BCUT2D eigenvalue weighted by Gasteiger charge is -2.05. The first-order chi connectivity index (χ1) is 16.6. The van der Waals surface area contributed by atoms with Crippen molar-refractivity contribution in [2.75, 3.05) is 6.61 Å². The number of hydrogen-bond acceptors (Lipinski definition) is 5. The van der Waals surface area contributed by atoms with Gasteiger partial charge in [0, 0.05) is 27.9 Å². The van der Waals surface area contributed by atoms with Crippen LogP contribution in [0, 0.1) is 0 Å². The van der Waals surface area contributed by atoms with Crippen molar-refractivity contribution in [3.8, 4) is 0 Å². The summed E-state index contributed by atoms with van der Waals surface area (Å²) in [6.07, 6.45) is 1.92. The van der Waals surface area contributed by atoms with Crippen LogP contribution < -0.4 is 0 Å². The van der Waals surface area contributed by atoms with Crippen LogP contribution in [0.4, 0.5) is 0 Å². The molecule has 0 saturated carbocycles. The van der Waals surface area contributed by atoms with Crippen LogP contribution in [0.25, 0.3) is 16.4 Å². The number of fused-ring (bicyclic) bond motifs is 3. The predicted molar refractivity (Wildman–Crippen MR) is 140 cm³/mol. The van der Waals surface area contributed by atoms with E-state index in [9.17, 15) is 9.59 Å². The molecule has 0 amide bonds. The predicted octanol–water partition coefficient (Wildman–Crippen LogP) is 7.51. The Hall–Kier alpha value is -3.06. The number of pyridine rings is 1. The van der Waals surface area contributed by atoms with Crippen LogP contribution in [0.3, 0.4) is 0 Å². The van der Waals surface area contributed by atoms with Crippen molar-refractivity contribution in [3.63, 3.8) is 0 Å². The fourth-order valence-corrected chi connectivity index (χ4v) is 6.78. The van der Waals surface area contributed by atoms with Crippen LogP contribution in [-0.2, 0) is 10.5 Å². The molecule has 3 heterocycles. The molecule has 7 heteroatoms. The molecule has 0 aliphatic carbocycles. The molecule has 0 unspecified atom stereocenters. The van der Waals surface area contributed by atoms with Crippen molar-refractivity contribution < 1.29 is 14.3 Å². The number of thioether (sulfide) groups is 1. The van der Waals surface area contributed by atoms with Gasteiger partial charge in [-0.05, 0) is 30.7 Å². The first kappa shape index (κ1) is 22.7. The Morgan fingerprint density at radius 2 is 1.74 bits per heavy atom. The van der Waals surface area contributed by atoms with E-state index < -0.39 is 5.97 Å². The van der Waals surface area contributed by atoms with Crippen molar-refractivity contribution >= 4 is 62.9 Å². The second-order valence-electron chi connectivity index (χ2n) is 7.57. The lowest BCUT2D eigenvalue weighted by Crippen LogP contribution is -2.06. The van der Waals surface area contributed by atoms with E-state index in [1.54, 1.807) is 30.8 Å². The molecule has 5 aromatic rings. The van der Waals surface area contributed by atoms with E-state index in [0.717, 1.165) is 20.8 Å². The molecule has 0 saturated heterocycles. The van der Waals surface area contributed by atoms with E-state index in [0.29, 0.717) is 32.2 Å². The molecule has 0 aliphatic heterocycles. The summed E-state index contributed by atoms with van der Waals surface area (Å²) in [5.41, 5.74) is 3.59. The zero-order valence-electron chi connectivity index (χ0n) is 18.3. The van der Waals surface area contributed by atoms with Gasteiger partial charge in [-0.15, -0.1) is 23.1 Å². The minimum Gasteiger partial charge on any atom is -0.462 e. The molecule has 4 nitrogen and oxygen atoms in total. The lowest BCUT2D eigenvalue weighted by atomic mass is 10.1. The maximum absolute atomic E-state index is 13.6. The van der Waals surface area contributed by atoms with Gasteiger partial charge >= 0.3 is 5.97 Å². The van der Waals surface area contributed by atoms with Crippen LogP contribution in [0.2, 0.25) is 5.02 Å². The van der Waals surface area contributed by atoms with Crippen LogP contribution in [0.1, 0.15) is 38.1 Å². The number of ketones is 1. The number of thiophene rings is 1. The van der Waals surface area contributed by atoms with E-state index in [4.69, 9.17) is 16.3 Å². The number of hydrogen-bond donors (Lipinski definition) is 0. The molecule has 0 N–H and O–H groups in total. The number of carbonyl (C=O) groups excluding carboxylic acids is 2. The minimum atomic E-state index is -0.427. The summed E-state index contributed by atoms with van der Waals surface area (Å²) in [5.74, 6) is 0.105. The average molecular weight is 506 g/mol. The molecule has 0 aliphatic rings. The number of benzene rings is 2. The van der Waals surface area contributed by atoms with Crippen molar-refractivity contribution in [1.29, 1.82) is 0 Å². The summed E-state index contributed by atoms with van der Waals surface area (Å²) in [5, 5.41) is 1.35. The zero-order chi connectivity index (χ0) is 23.7. The van der Waals surface area contributed by atoms with Gasteiger partial charge in [0.25, 0.3) is 0 Å². The number of ether oxygens (including phenoxy) is 1. The fraction of sp³-hybridized carbons (Fsp3) is 0.111. The Morgan fingerprint density at radius 1 is 1.00 bits per heavy atom. The molecule has 3 aromatic heterocycles. The van der Waals surface area contributed by atoms with E-state index in [2.05, 4.69) is 0 Å². The maximum Gasteiger partial charge on any atom is 0.341 e. The summed E-state index contributed by atoms with van der Waals surface area (Å²) in [6.45, 7) is 2.03. The molecule has 0 bridgehead atoms. The van der Waals surface area contributed by atoms with Gasteiger partial charge in [-0.3, -0.25) is 4.79 Å². The second-order valence-corrected chi connectivity index (χ2v) is 10.2. The Balaban J connectivity index is 1.74. The molecule has 0 atom stereocenters. The summed E-state index contributed by atoms with van der Waals surface area (Å²) >= 11 is 9.42. The van der Waals surface area contributed by atoms with Gasteiger partial charge in [0.2, 0.25) is 5.78 Å². The van der Waals surface area contributed by atoms with Crippen molar-refractivity contribution in [3.05, 3.63) is 106 Å². The Labute approximate surface area is 210 Å². The largest absolute Gasteiger partial charge is 0.462 e. The van der Waals surface area contributed by atoms with Gasteiger partial charge < -0.3 is 9.14 Å². The Kier molecular flexibility index (Phi) is 6.46. The molecule has 0 fully saturated rings. The molecular weight excluding hydrogens is 486 g/mol. The number of halogens is 1. The van der Waals surface area contributed by atoms with Crippen molar-refractivity contribution in [2.45, 2.75) is 16.9 Å². The third-order valence-corrected chi connectivity index (χ3v) is 8.35. The van der Waals surface area contributed by atoms with Crippen LogP contribution in [0.5, 0.6) is 0 Å². The molecule has 170 valence electrons.